The van der Waals surface area contributed by atoms with Gasteiger partial charge in [0.05, 0.1) is 5.69 Å². The number of aromatic hydroxyl groups is 1. The van der Waals surface area contributed by atoms with Crippen LogP contribution >= 0.6 is 62.3 Å². The molecule has 4 aliphatic rings. The van der Waals surface area contributed by atoms with E-state index in [1.165, 1.54) is 54.0 Å². The van der Waals surface area contributed by atoms with E-state index in [1.54, 1.807) is 0 Å². The molecule has 1 saturated carbocycles. The van der Waals surface area contributed by atoms with Crippen molar-refractivity contribution in [3.63, 3.8) is 0 Å². The molecule has 2 fully saturated rings. The third-order valence-electron chi connectivity index (χ3n) is 7.62. The number of rotatable bonds is 3. The Morgan fingerprint density at radius 1 is 1.23 bits per heavy atom. The van der Waals surface area contributed by atoms with Gasteiger partial charge in [0, 0.05) is 36.3 Å². The minimum absolute atomic E-state index is 0. The fraction of sp³-hybridized carbons (Fsp3) is 0.591. The highest BCUT2D eigenvalue weighted by Gasteiger charge is 2.56. The first kappa shape index (κ1) is 24.5. The van der Waals surface area contributed by atoms with E-state index in [2.05, 4.69) is 22.3 Å². The van der Waals surface area contributed by atoms with Crippen LogP contribution in [0.25, 0.3) is 0 Å². The summed E-state index contributed by atoms with van der Waals surface area (Å²) in [5.41, 5.74) is 4.33. The topological polar surface area (TPSA) is 48.4 Å². The highest BCUT2D eigenvalue weighted by atomic mass is 79.9. The van der Waals surface area contributed by atoms with Crippen LogP contribution in [-0.2, 0) is 24.7 Å². The lowest BCUT2D eigenvalue weighted by molar-refractivity contribution is 0.00544. The fourth-order valence-corrected chi connectivity index (χ4v) is 7.14. The first-order valence-electron chi connectivity index (χ1n) is 10.4. The van der Waals surface area contributed by atoms with Crippen LogP contribution in [0.3, 0.4) is 0 Å². The zero-order valence-electron chi connectivity index (χ0n) is 17.1. The number of anilines is 1. The second kappa shape index (κ2) is 9.00. The average Bonchev–Trinajstić information content (AvgIpc) is 3.39. The number of hydrogen-bond donors (Lipinski definition) is 2. The molecule has 1 aromatic carbocycles. The molecule has 2 bridgehead atoms. The molecule has 3 atom stereocenters. The molecule has 166 valence electrons. The monoisotopic (exact) mass is 621 g/mol. The largest absolute Gasteiger partial charge is 0.508 e. The van der Waals surface area contributed by atoms with E-state index < -0.39 is 0 Å². The Kier molecular flexibility index (Phi) is 7.35. The lowest BCUT2D eigenvalue weighted by atomic mass is 9.53. The van der Waals surface area contributed by atoms with Gasteiger partial charge in [-0.15, -0.1) is 62.3 Å². The van der Waals surface area contributed by atoms with Crippen LogP contribution in [0.5, 0.6) is 5.75 Å². The van der Waals surface area contributed by atoms with Crippen LogP contribution in [0.1, 0.15) is 41.0 Å². The Hall–Kier alpha value is -0.150. The predicted octanol–water partition coefficient (Wildman–Crippen LogP) is 5.32. The van der Waals surface area contributed by atoms with Crippen molar-refractivity contribution < 1.29 is 5.11 Å². The van der Waals surface area contributed by atoms with Gasteiger partial charge in [0.15, 0.2) is 5.13 Å². The van der Waals surface area contributed by atoms with Crippen molar-refractivity contribution in [2.75, 3.05) is 25.5 Å². The van der Waals surface area contributed by atoms with Crippen LogP contribution in [0, 0.1) is 11.8 Å². The SMILES string of the molecule is Br.Br.Br.CNc1nc2c(s1)C[C@H]1[C@H]3Cc4ccc(O)cc4[C@@]1(CCN3CC1CC1)C2. The molecule has 0 unspecified atom stereocenters. The summed E-state index contributed by atoms with van der Waals surface area (Å²) in [5, 5.41) is 14.6. The summed E-state index contributed by atoms with van der Waals surface area (Å²) in [6.07, 6.45) is 7.37. The highest BCUT2D eigenvalue weighted by molar-refractivity contribution is 8.93. The van der Waals surface area contributed by atoms with Crippen LogP contribution in [0.4, 0.5) is 5.13 Å². The Morgan fingerprint density at radius 2 is 2.03 bits per heavy atom. The second-order valence-electron chi connectivity index (χ2n) is 9.08. The molecule has 1 aliphatic heterocycles. The van der Waals surface area contributed by atoms with Crippen molar-refractivity contribution in [1.29, 1.82) is 0 Å². The Labute approximate surface area is 214 Å². The molecular weight excluding hydrogens is 594 g/mol. The van der Waals surface area contributed by atoms with Crippen molar-refractivity contribution >= 4 is 67.4 Å². The normalized spacial score (nSPS) is 28.6. The van der Waals surface area contributed by atoms with E-state index in [9.17, 15) is 5.11 Å². The lowest BCUT2D eigenvalue weighted by Crippen LogP contribution is -2.62. The standard InChI is InChI=1S/C22H27N3OS.3BrH/c1-23-21-24-18-11-22-6-7-25(12-13-2-3-13)19(17(22)10-20(18)27-21)8-14-4-5-15(26)9-16(14)22;;;/h4-5,9,13,17,19,26H,2-3,6-8,10-12H2,1H3,(H,23,24);3*1H/t17-,19+,22+;;;/m0.../s1. The highest BCUT2D eigenvalue weighted by Crippen LogP contribution is 2.56. The maximum atomic E-state index is 10.3. The van der Waals surface area contributed by atoms with Gasteiger partial charge in [-0.05, 0) is 73.7 Å². The number of thiazole rings is 1. The van der Waals surface area contributed by atoms with Gasteiger partial charge in [-0.25, -0.2) is 4.98 Å². The smallest absolute Gasteiger partial charge is 0.182 e. The summed E-state index contributed by atoms with van der Waals surface area (Å²) in [7, 11) is 1.97. The quantitative estimate of drug-likeness (QED) is 0.486. The number of likely N-dealkylation sites (tertiary alicyclic amines) is 1. The minimum atomic E-state index is 0. The number of phenols is 1. The second-order valence-corrected chi connectivity index (χ2v) is 10.2. The molecular formula is C22H30Br3N3OS. The van der Waals surface area contributed by atoms with E-state index in [0.29, 0.717) is 17.7 Å². The maximum absolute atomic E-state index is 10.3. The number of halogens is 3. The third-order valence-corrected chi connectivity index (χ3v) is 8.75. The van der Waals surface area contributed by atoms with Crippen molar-refractivity contribution in [2.45, 2.75) is 50.0 Å². The predicted molar refractivity (Wildman–Crippen MR) is 140 cm³/mol. The van der Waals surface area contributed by atoms with Gasteiger partial charge in [0.2, 0.25) is 0 Å². The number of benzene rings is 1. The first-order valence-corrected chi connectivity index (χ1v) is 11.2. The summed E-state index contributed by atoms with van der Waals surface area (Å²) in [4.78, 5) is 9.22. The minimum Gasteiger partial charge on any atom is -0.508 e. The lowest BCUT2D eigenvalue weighted by Gasteiger charge is -2.58. The number of fused-ring (bicyclic) bond motifs is 2. The molecule has 1 aromatic heterocycles. The molecule has 1 saturated heterocycles. The van der Waals surface area contributed by atoms with Crippen molar-refractivity contribution in [1.82, 2.24) is 9.88 Å². The molecule has 3 aliphatic carbocycles. The van der Waals surface area contributed by atoms with E-state index in [1.807, 2.05) is 24.5 Å². The Balaban J connectivity index is 0.000000853. The summed E-state index contributed by atoms with van der Waals surface area (Å²) in [5.74, 6) is 2.01. The summed E-state index contributed by atoms with van der Waals surface area (Å²) in [6, 6.07) is 6.79. The number of nitrogens with one attached hydrogen (secondary N) is 1. The molecule has 6 rings (SSSR count). The molecule has 0 amide bonds. The zero-order valence-corrected chi connectivity index (χ0v) is 23.1. The first-order chi connectivity index (χ1) is 13.2. The van der Waals surface area contributed by atoms with Gasteiger partial charge in [-0.3, -0.25) is 4.90 Å². The van der Waals surface area contributed by atoms with Crippen LogP contribution in [-0.4, -0.2) is 41.2 Å². The summed E-state index contributed by atoms with van der Waals surface area (Å²) >= 11 is 1.85. The molecule has 2 heterocycles. The molecule has 4 nitrogen and oxygen atoms in total. The number of hydrogen-bond acceptors (Lipinski definition) is 5. The number of aromatic nitrogens is 1. The van der Waals surface area contributed by atoms with Gasteiger partial charge < -0.3 is 10.4 Å². The molecule has 0 radical (unpaired) electrons. The summed E-state index contributed by atoms with van der Waals surface area (Å²) < 4.78 is 0. The zero-order chi connectivity index (χ0) is 18.2. The van der Waals surface area contributed by atoms with Gasteiger partial charge >= 0.3 is 0 Å². The number of piperidine rings is 1. The van der Waals surface area contributed by atoms with Gasteiger partial charge in [0.25, 0.3) is 0 Å². The molecule has 2 N–H and O–H groups in total. The summed E-state index contributed by atoms with van der Waals surface area (Å²) in [6.45, 7) is 2.49. The molecule has 30 heavy (non-hydrogen) atoms. The van der Waals surface area contributed by atoms with Crippen molar-refractivity contribution in [3.05, 3.63) is 39.9 Å². The maximum Gasteiger partial charge on any atom is 0.182 e. The van der Waals surface area contributed by atoms with Gasteiger partial charge in [0.1, 0.15) is 5.75 Å². The van der Waals surface area contributed by atoms with Crippen molar-refractivity contribution in [2.24, 2.45) is 11.8 Å². The average molecular weight is 624 g/mol. The number of nitrogens with zero attached hydrogens (tertiary/aromatic N) is 2. The number of phenolic OH excluding ortho intramolecular Hbond substituents is 1. The molecule has 0 spiro atoms. The Morgan fingerprint density at radius 3 is 2.77 bits per heavy atom. The van der Waals surface area contributed by atoms with E-state index >= 15 is 0 Å². The van der Waals surface area contributed by atoms with Crippen LogP contribution in [0.15, 0.2) is 18.2 Å². The molecule has 2 aromatic rings. The van der Waals surface area contributed by atoms with Gasteiger partial charge in [-0.1, -0.05) is 6.07 Å². The third kappa shape index (κ3) is 3.78. The molecule has 8 heteroatoms. The fourth-order valence-electron chi connectivity index (χ4n) is 6.15. The van der Waals surface area contributed by atoms with Crippen LogP contribution in [0.2, 0.25) is 0 Å². The Bertz CT molecular complexity index is 919. The van der Waals surface area contributed by atoms with Crippen molar-refractivity contribution in [3.8, 4) is 5.75 Å². The van der Waals surface area contributed by atoms with E-state index in [-0.39, 0.29) is 56.4 Å². The van der Waals surface area contributed by atoms with Crippen LogP contribution < -0.4 is 5.32 Å². The van der Waals surface area contributed by atoms with Gasteiger partial charge in [-0.2, -0.15) is 0 Å². The van der Waals surface area contributed by atoms with E-state index in [4.69, 9.17) is 4.98 Å². The van der Waals surface area contributed by atoms with E-state index in [0.717, 1.165) is 30.3 Å².